The summed E-state index contributed by atoms with van der Waals surface area (Å²) in [5, 5.41) is 3.23. The molecule has 2 heteroatoms. The van der Waals surface area contributed by atoms with Crippen LogP contribution in [0.1, 0.15) is 18.9 Å². The molecule has 13 heavy (non-hydrogen) atoms. The quantitative estimate of drug-likeness (QED) is 0.711. The van der Waals surface area contributed by atoms with E-state index in [2.05, 4.69) is 16.2 Å². The van der Waals surface area contributed by atoms with Crippen molar-refractivity contribution in [2.24, 2.45) is 0 Å². The molecule has 0 fully saturated rings. The van der Waals surface area contributed by atoms with Gasteiger partial charge in [0.1, 0.15) is 5.82 Å². The van der Waals surface area contributed by atoms with E-state index in [4.69, 9.17) is 6.42 Å². The third kappa shape index (κ3) is 3.16. The molecule has 68 valence electrons. The maximum Gasteiger partial charge on any atom is 0.126 e. The minimum absolute atomic E-state index is 0.277. The number of hydrogen-bond acceptors (Lipinski definition) is 2. The molecule has 0 aliphatic carbocycles. The molecule has 0 saturated carbocycles. The van der Waals surface area contributed by atoms with Crippen molar-refractivity contribution in [3.8, 4) is 12.3 Å². The van der Waals surface area contributed by atoms with Crippen molar-refractivity contribution in [3.63, 3.8) is 0 Å². The minimum Gasteiger partial charge on any atom is -0.367 e. The summed E-state index contributed by atoms with van der Waals surface area (Å²) in [5.74, 6) is 3.50. The van der Waals surface area contributed by atoms with Crippen molar-refractivity contribution in [3.05, 3.63) is 23.9 Å². The van der Waals surface area contributed by atoms with Gasteiger partial charge in [-0.25, -0.2) is 4.98 Å². The van der Waals surface area contributed by atoms with E-state index in [0.717, 1.165) is 12.2 Å². The first kappa shape index (κ1) is 9.60. The van der Waals surface area contributed by atoms with Crippen LogP contribution in [0.2, 0.25) is 0 Å². The third-order valence-electron chi connectivity index (χ3n) is 1.73. The molecule has 0 saturated heterocycles. The summed E-state index contributed by atoms with van der Waals surface area (Å²) in [6.45, 7) is 4.09. The lowest BCUT2D eigenvalue weighted by atomic mass is 10.2. The first-order valence-electron chi connectivity index (χ1n) is 4.35. The first-order chi connectivity index (χ1) is 6.22. The molecule has 0 aliphatic heterocycles. The molecule has 2 nitrogen and oxygen atoms in total. The van der Waals surface area contributed by atoms with Crippen LogP contribution in [0.25, 0.3) is 0 Å². The second-order valence-electron chi connectivity index (χ2n) is 3.17. The number of anilines is 1. The Morgan fingerprint density at radius 3 is 3.08 bits per heavy atom. The zero-order valence-corrected chi connectivity index (χ0v) is 8.04. The molecule has 1 heterocycles. The number of hydrogen-bond donors (Lipinski definition) is 1. The summed E-state index contributed by atoms with van der Waals surface area (Å²) < 4.78 is 0. The van der Waals surface area contributed by atoms with Gasteiger partial charge < -0.3 is 5.32 Å². The highest BCUT2D eigenvalue weighted by molar-refractivity contribution is 5.37. The van der Waals surface area contributed by atoms with E-state index in [9.17, 15) is 0 Å². The number of nitrogens with zero attached hydrogens (tertiary/aromatic N) is 1. The van der Waals surface area contributed by atoms with Crippen molar-refractivity contribution in [2.75, 3.05) is 5.32 Å². The highest BCUT2D eigenvalue weighted by Gasteiger charge is 1.99. The van der Waals surface area contributed by atoms with Crippen LogP contribution in [0.3, 0.4) is 0 Å². The second kappa shape index (κ2) is 4.51. The van der Waals surface area contributed by atoms with E-state index in [-0.39, 0.29) is 6.04 Å². The van der Waals surface area contributed by atoms with Gasteiger partial charge in [0.2, 0.25) is 0 Å². The van der Waals surface area contributed by atoms with Crippen LogP contribution >= 0.6 is 0 Å². The van der Waals surface area contributed by atoms with Crippen LogP contribution < -0.4 is 5.32 Å². The highest BCUT2D eigenvalue weighted by Crippen LogP contribution is 2.07. The molecule has 0 aromatic carbocycles. The lowest BCUT2D eigenvalue weighted by Gasteiger charge is -2.11. The monoisotopic (exact) mass is 174 g/mol. The SMILES string of the molecule is C#CCC(C)Nc1cc(C)ccn1. The Hall–Kier alpha value is -1.49. The van der Waals surface area contributed by atoms with E-state index in [1.807, 2.05) is 26.0 Å². The Labute approximate surface area is 79.4 Å². The molecule has 1 atom stereocenters. The second-order valence-corrected chi connectivity index (χ2v) is 3.17. The molecule has 1 N–H and O–H groups in total. The van der Waals surface area contributed by atoms with Gasteiger partial charge >= 0.3 is 0 Å². The molecule has 0 amide bonds. The van der Waals surface area contributed by atoms with E-state index < -0.39 is 0 Å². The van der Waals surface area contributed by atoms with Crippen LogP contribution in [0, 0.1) is 19.3 Å². The molecular formula is C11H14N2. The van der Waals surface area contributed by atoms with Crippen molar-refractivity contribution < 1.29 is 0 Å². The fourth-order valence-corrected chi connectivity index (χ4v) is 1.10. The maximum absolute atomic E-state index is 5.20. The summed E-state index contributed by atoms with van der Waals surface area (Å²) in [4.78, 5) is 4.18. The van der Waals surface area contributed by atoms with Gasteiger partial charge in [-0.15, -0.1) is 12.3 Å². The van der Waals surface area contributed by atoms with Crippen LogP contribution in [0.4, 0.5) is 5.82 Å². The predicted molar refractivity (Wildman–Crippen MR) is 55.5 cm³/mol. The molecule has 0 radical (unpaired) electrons. The van der Waals surface area contributed by atoms with Crippen LogP contribution in [-0.4, -0.2) is 11.0 Å². The summed E-state index contributed by atoms with van der Waals surface area (Å²) in [5.41, 5.74) is 1.20. The molecule has 1 rings (SSSR count). The number of pyridine rings is 1. The molecule has 1 aromatic rings. The van der Waals surface area contributed by atoms with Gasteiger partial charge in [0.05, 0.1) is 0 Å². The molecule has 0 bridgehead atoms. The number of aryl methyl sites for hydroxylation is 1. The molecular weight excluding hydrogens is 160 g/mol. The Bertz CT molecular complexity index is 312. The summed E-state index contributed by atoms with van der Waals surface area (Å²) >= 11 is 0. The van der Waals surface area contributed by atoms with E-state index in [1.165, 1.54) is 5.56 Å². The highest BCUT2D eigenvalue weighted by atomic mass is 15.0. The first-order valence-corrected chi connectivity index (χ1v) is 4.35. The lowest BCUT2D eigenvalue weighted by molar-refractivity contribution is 0.821. The average Bonchev–Trinajstić information content (AvgIpc) is 2.04. The molecule has 0 aliphatic rings. The molecule has 0 spiro atoms. The zero-order valence-electron chi connectivity index (χ0n) is 8.04. The largest absolute Gasteiger partial charge is 0.367 e. The normalized spacial score (nSPS) is 11.8. The third-order valence-corrected chi connectivity index (χ3v) is 1.73. The van der Waals surface area contributed by atoms with Crippen molar-refractivity contribution in [2.45, 2.75) is 26.3 Å². The Morgan fingerprint density at radius 2 is 2.46 bits per heavy atom. The average molecular weight is 174 g/mol. The van der Waals surface area contributed by atoms with E-state index in [0.29, 0.717) is 0 Å². The summed E-state index contributed by atoms with van der Waals surface area (Å²) in [6, 6.07) is 4.25. The van der Waals surface area contributed by atoms with E-state index in [1.54, 1.807) is 6.20 Å². The van der Waals surface area contributed by atoms with Crippen LogP contribution in [-0.2, 0) is 0 Å². The van der Waals surface area contributed by atoms with Crippen molar-refractivity contribution in [1.82, 2.24) is 4.98 Å². The fraction of sp³-hybridized carbons (Fsp3) is 0.364. The topological polar surface area (TPSA) is 24.9 Å². The van der Waals surface area contributed by atoms with Gasteiger partial charge in [-0.1, -0.05) is 0 Å². The maximum atomic E-state index is 5.20. The molecule has 1 aromatic heterocycles. The number of aromatic nitrogens is 1. The van der Waals surface area contributed by atoms with Crippen LogP contribution in [0.5, 0.6) is 0 Å². The molecule has 1 unspecified atom stereocenters. The van der Waals surface area contributed by atoms with Gasteiger partial charge in [-0.2, -0.15) is 0 Å². The summed E-state index contributed by atoms with van der Waals surface area (Å²) in [7, 11) is 0. The Balaban J connectivity index is 2.59. The number of terminal acetylenes is 1. The van der Waals surface area contributed by atoms with Crippen LogP contribution in [0.15, 0.2) is 18.3 Å². The Morgan fingerprint density at radius 1 is 1.69 bits per heavy atom. The standard InChI is InChI=1S/C11H14N2/c1-4-5-10(3)13-11-8-9(2)6-7-12-11/h1,6-8,10H,5H2,2-3H3,(H,12,13). The zero-order chi connectivity index (χ0) is 9.68. The van der Waals surface area contributed by atoms with Gasteiger partial charge in [0, 0.05) is 18.7 Å². The number of nitrogens with one attached hydrogen (secondary N) is 1. The van der Waals surface area contributed by atoms with E-state index >= 15 is 0 Å². The summed E-state index contributed by atoms with van der Waals surface area (Å²) in [6.07, 6.45) is 7.71. The van der Waals surface area contributed by atoms with Gasteiger partial charge in [-0.05, 0) is 31.5 Å². The lowest BCUT2D eigenvalue weighted by Crippen LogP contribution is -2.14. The van der Waals surface area contributed by atoms with Gasteiger partial charge in [-0.3, -0.25) is 0 Å². The number of rotatable bonds is 3. The van der Waals surface area contributed by atoms with Gasteiger partial charge in [0.25, 0.3) is 0 Å². The predicted octanol–water partition coefficient (Wildman–Crippen LogP) is 2.21. The van der Waals surface area contributed by atoms with Crippen molar-refractivity contribution >= 4 is 5.82 Å². The fourth-order valence-electron chi connectivity index (χ4n) is 1.10. The smallest absolute Gasteiger partial charge is 0.126 e. The van der Waals surface area contributed by atoms with Crippen molar-refractivity contribution in [1.29, 1.82) is 0 Å². The Kier molecular flexibility index (Phi) is 3.33. The minimum atomic E-state index is 0.277. The van der Waals surface area contributed by atoms with Gasteiger partial charge in [0.15, 0.2) is 0 Å².